The van der Waals surface area contributed by atoms with Crippen LogP contribution in [0, 0.1) is 19.8 Å². The molecule has 1 saturated heterocycles. The highest BCUT2D eigenvalue weighted by atomic mass is 35.5. The van der Waals surface area contributed by atoms with Crippen LogP contribution < -0.4 is 15.4 Å². The summed E-state index contributed by atoms with van der Waals surface area (Å²) in [5.74, 6) is 2.46. The van der Waals surface area contributed by atoms with Gasteiger partial charge in [0.25, 0.3) is 0 Å². The van der Waals surface area contributed by atoms with Crippen LogP contribution in [0.4, 0.5) is 11.5 Å². The molecular formula is C18H23ClN4O. The first-order valence-corrected chi connectivity index (χ1v) is 8.63. The standard InChI is InChI=1S/C18H23ClN4O/c1-11-5-4-6-23(9-11)17-16(20)18(22-10-21-17)24-14-7-12(2)15(19)13(3)8-14/h7-8,10-11H,4-6,9,20H2,1-3H3. The van der Waals surface area contributed by atoms with Crippen molar-refractivity contribution in [2.24, 2.45) is 5.92 Å². The second-order valence-corrected chi connectivity index (χ2v) is 6.96. The van der Waals surface area contributed by atoms with E-state index in [2.05, 4.69) is 21.8 Å². The molecule has 5 nitrogen and oxygen atoms in total. The highest BCUT2D eigenvalue weighted by molar-refractivity contribution is 6.32. The minimum atomic E-state index is 0.388. The molecule has 0 bridgehead atoms. The lowest BCUT2D eigenvalue weighted by Gasteiger charge is -2.32. The largest absolute Gasteiger partial charge is 0.437 e. The van der Waals surface area contributed by atoms with Crippen molar-refractivity contribution in [1.29, 1.82) is 0 Å². The summed E-state index contributed by atoms with van der Waals surface area (Å²) in [6, 6.07) is 3.78. The molecule has 1 atom stereocenters. The molecule has 0 aliphatic carbocycles. The van der Waals surface area contributed by atoms with E-state index in [0.29, 0.717) is 23.2 Å². The van der Waals surface area contributed by atoms with Gasteiger partial charge < -0.3 is 15.4 Å². The van der Waals surface area contributed by atoms with Crippen LogP contribution in [0.5, 0.6) is 11.6 Å². The van der Waals surface area contributed by atoms with E-state index >= 15 is 0 Å². The van der Waals surface area contributed by atoms with Gasteiger partial charge in [-0.2, -0.15) is 4.98 Å². The van der Waals surface area contributed by atoms with Crippen LogP contribution in [0.2, 0.25) is 5.02 Å². The average Bonchev–Trinajstić information content (AvgIpc) is 2.54. The van der Waals surface area contributed by atoms with E-state index in [1.54, 1.807) is 0 Å². The van der Waals surface area contributed by atoms with Crippen molar-refractivity contribution in [3.63, 3.8) is 0 Å². The zero-order valence-electron chi connectivity index (χ0n) is 14.3. The molecule has 0 spiro atoms. The number of hydrogen-bond donors (Lipinski definition) is 1. The normalized spacial score (nSPS) is 17.8. The fourth-order valence-electron chi connectivity index (χ4n) is 3.16. The van der Waals surface area contributed by atoms with Gasteiger partial charge in [0.15, 0.2) is 5.82 Å². The van der Waals surface area contributed by atoms with Crippen molar-refractivity contribution in [2.45, 2.75) is 33.6 Å². The van der Waals surface area contributed by atoms with E-state index < -0.39 is 0 Å². The van der Waals surface area contributed by atoms with E-state index in [1.807, 2.05) is 26.0 Å². The minimum Gasteiger partial charge on any atom is -0.437 e. The molecule has 1 aromatic carbocycles. The Labute approximate surface area is 147 Å². The number of benzene rings is 1. The third-order valence-corrected chi connectivity index (χ3v) is 5.00. The first-order valence-electron chi connectivity index (χ1n) is 8.25. The Bertz CT molecular complexity index is 727. The van der Waals surface area contributed by atoms with Gasteiger partial charge in [-0.1, -0.05) is 18.5 Å². The summed E-state index contributed by atoms with van der Waals surface area (Å²) in [5, 5.41) is 0.751. The maximum atomic E-state index is 6.30. The van der Waals surface area contributed by atoms with Gasteiger partial charge in [-0.3, -0.25) is 0 Å². The molecule has 1 aliphatic rings. The molecule has 2 aromatic rings. The summed E-state index contributed by atoms with van der Waals surface area (Å²) in [7, 11) is 0. The molecule has 1 fully saturated rings. The minimum absolute atomic E-state index is 0.388. The fourth-order valence-corrected chi connectivity index (χ4v) is 3.27. The van der Waals surface area contributed by atoms with E-state index in [-0.39, 0.29) is 0 Å². The molecule has 0 saturated carbocycles. The first kappa shape index (κ1) is 16.8. The predicted octanol–water partition coefficient (Wildman–Crippen LogP) is 4.36. The lowest BCUT2D eigenvalue weighted by Crippen LogP contribution is -2.35. The molecule has 1 aromatic heterocycles. The lowest BCUT2D eigenvalue weighted by molar-refractivity contribution is 0.441. The number of nitrogen functional groups attached to an aromatic ring is 1. The van der Waals surface area contributed by atoms with Crippen LogP contribution >= 0.6 is 11.6 Å². The molecule has 1 aliphatic heterocycles. The molecule has 0 amide bonds. The summed E-state index contributed by atoms with van der Waals surface area (Å²) in [5.41, 5.74) is 8.70. The Morgan fingerprint density at radius 3 is 2.62 bits per heavy atom. The van der Waals surface area contributed by atoms with Crippen LogP contribution in [-0.4, -0.2) is 23.1 Å². The van der Waals surface area contributed by atoms with Gasteiger partial charge in [-0.25, -0.2) is 4.98 Å². The first-order chi connectivity index (χ1) is 11.5. The summed E-state index contributed by atoms with van der Waals surface area (Å²) in [6.07, 6.45) is 3.90. The van der Waals surface area contributed by atoms with Crippen LogP contribution in [0.1, 0.15) is 30.9 Å². The second-order valence-electron chi connectivity index (χ2n) is 6.58. The zero-order valence-corrected chi connectivity index (χ0v) is 15.1. The SMILES string of the molecule is Cc1cc(Oc2ncnc(N3CCCC(C)C3)c2N)cc(C)c1Cl. The highest BCUT2D eigenvalue weighted by Crippen LogP contribution is 2.35. The number of aromatic nitrogens is 2. The van der Waals surface area contributed by atoms with Crippen molar-refractivity contribution in [2.75, 3.05) is 23.7 Å². The summed E-state index contributed by atoms with van der Waals surface area (Å²) in [6.45, 7) is 8.07. The Balaban J connectivity index is 1.88. The Morgan fingerprint density at radius 1 is 1.25 bits per heavy atom. The Hall–Kier alpha value is -2.01. The monoisotopic (exact) mass is 346 g/mol. The van der Waals surface area contributed by atoms with Crippen molar-refractivity contribution in [3.05, 3.63) is 34.6 Å². The smallest absolute Gasteiger partial charge is 0.248 e. The highest BCUT2D eigenvalue weighted by Gasteiger charge is 2.22. The summed E-state index contributed by atoms with van der Waals surface area (Å²) >= 11 is 6.21. The molecule has 0 radical (unpaired) electrons. The number of nitrogens with two attached hydrogens (primary N) is 1. The third-order valence-electron chi connectivity index (χ3n) is 4.41. The van der Waals surface area contributed by atoms with Gasteiger partial charge in [0.1, 0.15) is 17.8 Å². The topological polar surface area (TPSA) is 64.3 Å². The number of halogens is 1. The number of anilines is 2. The molecule has 6 heteroatoms. The maximum Gasteiger partial charge on any atom is 0.248 e. The number of aryl methyl sites for hydroxylation is 2. The molecule has 3 rings (SSSR count). The van der Waals surface area contributed by atoms with E-state index in [9.17, 15) is 0 Å². The van der Waals surface area contributed by atoms with Gasteiger partial charge in [0.2, 0.25) is 5.88 Å². The van der Waals surface area contributed by atoms with E-state index in [0.717, 1.165) is 41.5 Å². The predicted molar refractivity (Wildman–Crippen MR) is 98.1 cm³/mol. The van der Waals surface area contributed by atoms with Gasteiger partial charge in [0.05, 0.1) is 0 Å². The van der Waals surface area contributed by atoms with Gasteiger partial charge in [0, 0.05) is 18.1 Å². The lowest BCUT2D eigenvalue weighted by atomic mass is 10.0. The van der Waals surface area contributed by atoms with E-state index in [1.165, 1.54) is 12.7 Å². The molecule has 24 heavy (non-hydrogen) atoms. The summed E-state index contributed by atoms with van der Waals surface area (Å²) < 4.78 is 5.92. The quantitative estimate of drug-likeness (QED) is 0.894. The average molecular weight is 347 g/mol. The number of hydrogen-bond acceptors (Lipinski definition) is 5. The molecule has 128 valence electrons. The van der Waals surface area contributed by atoms with Gasteiger partial charge >= 0.3 is 0 Å². The fraction of sp³-hybridized carbons (Fsp3) is 0.444. The van der Waals surface area contributed by atoms with Crippen molar-refractivity contribution in [1.82, 2.24) is 9.97 Å². The van der Waals surface area contributed by atoms with Crippen molar-refractivity contribution >= 4 is 23.1 Å². The summed E-state index contributed by atoms with van der Waals surface area (Å²) in [4.78, 5) is 10.8. The third kappa shape index (κ3) is 3.41. The van der Waals surface area contributed by atoms with Crippen LogP contribution in [0.25, 0.3) is 0 Å². The number of rotatable bonds is 3. The van der Waals surface area contributed by atoms with Gasteiger partial charge in [-0.05, 0) is 55.9 Å². The number of piperidine rings is 1. The van der Waals surface area contributed by atoms with Gasteiger partial charge in [-0.15, -0.1) is 0 Å². The molecule has 1 unspecified atom stereocenters. The van der Waals surface area contributed by atoms with E-state index in [4.69, 9.17) is 22.1 Å². The van der Waals surface area contributed by atoms with Crippen LogP contribution in [0.3, 0.4) is 0 Å². The molecule has 2 heterocycles. The maximum absolute atomic E-state index is 6.30. The molecule has 2 N–H and O–H groups in total. The number of ether oxygens (including phenoxy) is 1. The Kier molecular flexibility index (Phi) is 4.81. The molecular weight excluding hydrogens is 324 g/mol. The van der Waals surface area contributed by atoms with Crippen molar-refractivity contribution < 1.29 is 4.74 Å². The second kappa shape index (κ2) is 6.85. The van der Waals surface area contributed by atoms with Crippen LogP contribution in [0.15, 0.2) is 18.5 Å². The van der Waals surface area contributed by atoms with Crippen molar-refractivity contribution in [3.8, 4) is 11.6 Å². The zero-order chi connectivity index (χ0) is 17.3. The number of nitrogens with zero attached hydrogens (tertiary/aromatic N) is 3. The Morgan fingerprint density at radius 2 is 1.96 bits per heavy atom. The van der Waals surface area contributed by atoms with Crippen LogP contribution in [-0.2, 0) is 0 Å².